The third-order valence-electron chi connectivity index (χ3n) is 3.92. The second-order valence-corrected chi connectivity index (χ2v) is 5.28. The fourth-order valence-electron chi connectivity index (χ4n) is 2.29. The van der Waals surface area contributed by atoms with Crippen LogP contribution >= 0.6 is 0 Å². The molecule has 0 spiro atoms. The van der Waals surface area contributed by atoms with Crippen LogP contribution in [0.4, 0.5) is 0 Å². The third kappa shape index (κ3) is 3.10. The first-order chi connectivity index (χ1) is 8.64. The van der Waals surface area contributed by atoms with Gasteiger partial charge in [-0.3, -0.25) is 0 Å². The van der Waals surface area contributed by atoms with Gasteiger partial charge in [0.25, 0.3) is 0 Å². The highest BCUT2D eigenvalue weighted by atomic mass is 16.5. The van der Waals surface area contributed by atoms with Gasteiger partial charge in [-0.05, 0) is 31.4 Å². The standard InChI is InChI=1S/C15H23NO2/c1-12-15(2,8-9-18-12)16-10-13-4-6-14(7-5-13)11-17-3/h4-7,12,16H,8-11H2,1-3H3. The minimum Gasteiger partial charge on any atom is -0.380 e. The molecule has 1 saturated heterocycles. The Hall–Kier alpha value is -0.900. The monoisotopic (exact) mass is 249 g/mol. The normalized spacial score (nSPS) is 27.6. The van der Waals surface area contributed by atoms with Crippen LogP contribution in [-0.4, -0.2) is 25.4 Å². The van der Waals surface area contributed by atoms with Gasteiger partial charge in [-0.2, -0.15) is 0 Å². The van der Waals surface area contributed by atoms with Gasteiger partial charge in [-0.1, -0.05) is 24.3 Å². The molecule has 1 aromatic rings. The lowest BCUT2D eigenvalue weighted by Gasteiger charge is -2.29. The summed E-state index contributed by atoms with van der Waals surface area (Å²) in [7, 11) is 1.72. The molecule has 3 nitrogen and oxygen atoms in total. The van der Waals surface area contributed by atoms with Crippen LogP contribution in [-0.2, 0) is 22.6 Å². The molecule has 2 rings (SSSR count). The Morgan fingerprint density at radius 3 is 2.56 bits per heavy atom. The van der Waals surface area contributed by atoms with Crippen molar-refractivity contribution in [1.82, 2.24) is 5.32 Å². The van der Waals surface area contributed by atoms with Gasteiger partial charge in [0.05, 0.1) is 12.7 Å². The van der Waals surface area contributed by atoms with Crippen LogP contribution in [0.1, 0.15) is 31.4 Å². The summed E-state index contributed by atoms with van der Waals surface area (Å²) < 4.78 is 10.7. The van der Waals surface area contributed by atoms with Crippen LogP contribution in [0.3, 0.4) is 0 Å². The molecule has 3 heteroatoms. The number of nitrogens with one attached hydrogen (secondary N) is 1. The highest BCUT2D eigenvalue weighted by Gasteiger charge is 2.36. The van der Waals surface area contributed by atoms with Crippen LogP contribution in [0.5, 0.6) is 0 Å². The minimum atomic E-state index is 0.102. The maximum atomic E-state index is 5.63. The molecule has 2 unspecified atom stereocenters. The van der Waals surface area contributed by atoms with Gasteiger partial charge in [0.2, 0.25) is 0 Å². The molecule has 0 amide bonds. The highest BCUT2D eigenvalue weighted by Crippen LogP contribution is 2.25. The Balaban J connectivity index is 1.90. The fourth-order valence-corrected chi connectivity index (χ4v) is 2.29. The SMILES string of the molecule is COCc1ccc(CNC2(C)CCOC2C)cc1. The summed E-state index contributed by atoms with van der Waals surface area (Å²) in [5.41, 5.74) is 2.62. The van der Waals surface area contributed by atoms with E-state index in [0.29, 0.717) is 6.61 Å². The van der Waals surface area contributed by atoms with E-state index in [2.05, 4.69) is 43.4 Å². The first kappa shape index (κ1) is 13.5. The number of hydrogen-bond donors (Lipinski definition) is 1. The molecule has 0 bridgehead atoms. The van der Waals surface area contributed by atoms with Crippen molar-refractivity contribution in [2.24, 2.45) is 0 Å². The lowest BCUT2D eigenvalue weighted by molar-refractivity contribution is 0.0881. The molecular formula is C15H23NO2. The highest BCUT2D eigenvalue weighted by molar-refractivity contribution is 5.22. The van der Waals surface area contributed by atoms with Gasteiger partial charge in [-0.15, -0.1) is 0 Å². The smallest absolute Gasteiger partial charge is 0.0726 e. The average molecular weight is 249 g/mol. The molecular weight excluding hydrogens is 226 g/mol. The Bertz CT molecular complexity index is 377. The maximum Gasteiger partial charge on any atom is 0.0726 e. The van der Waals surface area contributed by atoms with Crippen LogP contribution in [0.15, 0.2) is 24.3 Å². The van der Waals surface area contributed by atoms with E-state index in [-0.39, 0.29) is 11.6 Å². The number of rotatable bonds is 5. The van der Waals surface area contributed by atoms with Crippen molar-refractivity contribution in [3.8, 4) is 0 Å². The van der Waals surface area contributed by atoms with E-state index in [4.69, 9.17) is 9.47 Å². The lowest BCUT2D eigenvalue weighted by Crippen LogP contribution is -2.47. The topological polar surface area (TPSA) is 30.5 Å². The second-order valence-electron chi connectivity index (χ2n) is 5.28. The van der Waals surface area contributed by atoms with E-state index < -0.39 is 0 Å². The first-order valence-corrected chi connectivity index (χ1v) is 6.57. The molecule has 0 radical (unpaired) electrons. The van der Waals surface area contributed by atoms with Crippen LogP contribution in [0.2, 0.25) is 0 Å². The Morgan fingerprint density at radius 1 is 1.33 bits per heavy atom. The van der Waals surface area contributed by atoms with Crippen molar-refractivity contribution >= 4 is 0 Å². The largest absolute Gasteiger partial charge is 0.380 e. The summed E-state index contributed by atoms with van der Waals surface area (Å²) in [6, 6.07) is 8.56. The summed E-state index contributed by atoms with van der Waals surface area (Å²) in [4.78, 5) is 0. The summed E-state index contributed by atoms with van der Waals surface area (Å²) >= 11 is 0. The summed E-state index contributed by atoms with van der Waals surface area (Å²) in [5, 5.41) is 3.62. The molecule has 1 fully saturated rings. The quantitative estimate of drug-likeness (QED) is 0.869. The molecule has 0 aromatic heterocycles. The Morgan fingerprint density at radius 2 is 2.00 bits per heavy atom. The van der Waals surface area contributed by atoms with Crippen molar-refractivity contribution in [1.29, 1.82) is 0 Å². The number of hydrogen-bond acceptors (Lipinski definition) is 3. The van der Waals surface area contributed by atoms with E-state index in [1.165, 1.54) is 11.1 Å². The predicted octanol–water partition coefficient (Wildman–Crippen LogP) is 2.49. The molecule has 0 saturated carbocycles. The van der Waals surface area contributed by atoms with Gasteiger partial charge in [0, 0.05) is 25.8 Å². The molecule has 1 N–H and O–H groups in total. The first-order valence-electron chi connectivity index (χ1n) is 6.57. The van der Waals surface area contributed by atoms with E-state index in [0.717, 1.165) is 19.6 Å². The van der Waals surface area contributed by atoms with E-state index >= 15 is 0 Å². The van der Waals surface area contributed by atoms with Crippen molar-refractivity contribution in [3.63, 3.8) is 0 Å². The summed E-state index contributed by atoms with van der Waals surface area (Å²) in [6.07, 6.45) is 1.36. The average Bonchev–Trinajstić information content (AvgIpc) is 2.70. The zero-order valence-electron chi connectivity index (χ0n) is 11.5. The Labute approximate surface area is 109 Å². The van der Waals surface area contributed by atoms with E-state index in [9.17, 15) is 0 Å². The molecule has 18 heavy (non-hydrogen) atoms. The molecule has 0 aliphatic carbocycles. The van der Waals surface area contributed by atoms with Crippen LogP contribution in [0.25, 0.3) is 0 Å². The molecule has 2 atom stereocenters. The van der Waals surface area contributed by atoms with Gasteiger partial charge in [0.1, 0.15) is 0 Å². The zero-order chi connectivity index (χ0) is 13.0. The van der Waals surface area contributed by atoms with Crippen LogP contribution < -0.4 is 5.32 Å². The summed E-state index contributed by atoms with van der Waals surface area (Å²) in [5.74, 6) is 0. The predicted molar refractivity (Wildman–Crippen MR) is 72.4 cm³/mol. The van der Waals surface area contributed by atoms with Gasteiger partial charge < -0.3 is 14.8 Å². The molecule has 1 heterocycles. The summed E-state index contributed by atoms with van der Waals surface area (Å²) in [6.45, 7) is 6.80. The Kier molecular flexibility index (Phi) is 4.38. The van der Waals surface area contributed by atoms with Gasteiger partial charge in [-0.25, -0.2) is 0 Å². The number of benzene rings is 1. The maximum absolute atomic E-state index is 5.63. The second kappa shape index (κ2) is 5.83. The molecule has 100 valence electrons. The number of ether oxygens (including phenoxy) is 2. The molecule has 1 aliphatic heterocycles. The van der Waals surface area contributed by atoms with Crippen molar-refractivity contribution in [3.05, 3.63) is 35.4 Å². The fraction of sp³-hybridized carbons (Fsp3) is 0.600. The zero-order valence-corrected chi connectivity index (χ0v) is 11.5. The van der Waals surface area contributed by atoms with E-state index in [1.54, 1.807) is 7.11 Å². The van der Waals surface area contributed by atoms with Gasteiger partial charge in [0.15, 0.2) is 0 Å². The van der Waals surface area contributed by atoms with Gasteiger partial charge >= 0.3 is 0 Å². The molecule has 1 aromatic carbocycles. The van der Waals surface area contributed by atoms with Crippen molar-refractivity contribution in [2.75, 3.05) is 13.7 Å². The third-order valence-corrected chi connectivity index (χ3v) is 3.92. The van der Waals surface area contributed by atoms with Crippen LogP contribution in [0, 0.1) is 0 Å². The van der Waals surface area contributed by atoms with Crippen molar-refractivity contribution < 1.29 is 9.47 Å². The molecule has 1 aliphatic rings. The van der Waals surface area contributed by atoms with Crippen molar-refractivity contribution in [2.45, 2.75) is 45.1 Å². The lowest BCUT2D eigenvalue weighted by atomic mass is 9.94. The van der Waals surface area contributed by atoms with E-state index in [1.807, 2.05) is 0 Å². The number of methoxy groups -OCH3 is 1. The minimum absolute atomic E-state index is 0.102.